The number of likely N-dealkylation sites (tertiary alicyclic amines) is 1. The molecule has 1 aromatic carbocycles. The van der Waals surface area contributed by atoms with Crippen molar-refractivity contribution in [2.45, 2.75) is 31.8 Å². The van der Waals surface area contributed by atoms with Crippen LogP contribution in [0.3, 0.4) is 0 Å². The van der Waals surface area contributed by atoms with E-state index in [1.807, 2.05) is 41.7 Å². The molecule has 27 heavy (non-hydrogen) atoms. The third-order valence-electron chi connectivity index (χ3n) is 4.78. The minimum Gasteiger partial charge on any atom is -0.356 e. The van der Waals surface area contributed by atoms with Crippen LogP contribution in [0.5, 0.6) is 0 Å². The van der Waals surface area contributed by atoms with Gasteiger partial charge in [-0.05, 0) is 42.3 Å². The first-order valence-corrected chi connectivity index (χ1v) is 9.90. The van der Waals surface area contributed by atoms with Crippen molar-refractivity contribution in [1.82, 2.24) is 10.2 Å². The van der Waals surface area contributed by atoms with E-state index in [0.717, 1.165) is 31.7 Å². The van der Waals surface area contributed by atoms with E-state index in [1.54, 1.807) is 0 Å². The predicted molar refractivity (Wildman–Crippen MR) is 118 cm³/mol. The Hall–Kier alpha value is -1.11. The minimum absolute atomic E-state index is 0. The van der Waals surface area contributed by atoms with Crippen LogP contribution in [0.1, 0.15) is 35.7 Å². The fourth-order valence-corrected chi connectivity index (χ4v) is 4.18. The van der Waals surface area contributed by atoms with Crippen molar-refractivity contribution in [3.63, 3.8) is 0 Å². The van der Waals surface area contributed by atoms with Gasteiger partial charge in [0.1, 0.15) is 0 Å². The maximum Gasteiger partial charge on any atom is 0.221 e. The SMILES string of the molecule is Cl.Cl.NC(CC(=O)NCC1CCCN(Cc2cccs2)C1)c1ccccc1. The average Bonchev–Trinajstić information content (AvgIpc) is 3.14. The van der Waals surface area contributed by atoms with Crippen LogP contribution >= 0.6 is 36.2 Å². The Morgan fingerprint density at radius 3 is 2.70 bits per heavy atom. The summed E-state index contributed by atoms with van der Waals surface area (Å²) < 4.78 is 0. The van der Waals surface area contributed by atoms with Gasteiger partial charge in [0.15, 0.2) is 0 Å². The van der Waals surface area contributed by atoms with Crippen molar-refractivity contribution in [2.75, 3.05) is 19.6 Å². The van der Waals surface area contributed by atoms with Gasteiger partial charge in [0.25, 0.3) is 0 Å². The molecule has 1 aliphatic heterocycles. The lowest BCUT2D eigenvalue weighted by Gasteiger charge is -2.32. The van der Waals surface area contributed by atoms with Crippen molar-refractivity contribution >= 4 is 42.1 Å². The molecule has 3 rings (SSSR count). The molecule has 7 heteroatoms. The van der Waals surface area contributed by atoms with Gasteiger partial charge in [0.2, 0.25) is 5.91 Å². The second-order valence-electron chi connectivity index (χ2n) is 6.85. The highest BCUT2D eigenvalue weighted by Gasteiger charge is 2.21. The van der Waals surface area contributed by atoms with Crippen molar-refractivity contribution < 1.29 is 4.79 Å². The minimum atomic E-state index is -0.233. The zero-order chi connectivity index (χ0) is 17.5. The summed E-state index contributed by atoms with van der Waals surface area (Å²) in [5.74, 6) is 0.581. The van der Waals surface area contributed by atoms with Gasteiger partial charge in [-0.15, -0.1) is 36.2 Å². The average molecular weight is 430 g/mol. The van der Waals surface area contributed by atoms with Crippen molar-refractivity contribution in [3.8, 4) is 0 Å². The van der Waals surface area contributed by atoms with E-state index >= 15 is 0 Å². The normalized spacial score (nSPS) is 18.0. The molecule has 150 valence electrons. The van der Waals surface area contributed by atoms with Gasteiger partial charge in [0.05, 0.1) is 0 Å². The zero-order valence-electron chi connectivity index (χ0n) is 15.4. The first kappa shape index (κ1) is 23.9. The predicted octanol–water partition coefficient (Wildman–Crippen LogP) is 4.01. The summed E-state index contributed by atoms with van der Waals surface area (Å²) in [6.45, 7) is 3.99. The fraction of sp³-hybridized carbons (Fsp3) is 0.450. The number of carbonyl (C=O) groups is 1. The highest BCUT2D eigenvalue weighted by atomic mass is 35.5. The zero-order valence-corrected chi connectivity index (χ0v) is 17.8. The van der Waals surface area contributed by atoms with Crippen molar-refractivity contribution in [2.24, 2.45) is 11.7 Å². The van der Waals surface area contributed by atoms with Crippen LogP contribution < -0.4 is 11.1 Å². The highest BCUT2D eigenvalue weighted by molar-refractivity contribution is 7.09. The second-order valence-corrected chi connectivity index (χ2v) is 7.88. The number of nitrogens with zero attached hydrogens (tertiary/aromatic N) is 1. The molecule has 3 N–H and O–H groups in total. The maximum absolute atomic E-state index is 12.2. The molecule has 1 aliphatic rings. The quantitative estimate of drug-likeness (QED) is 0.698. The molecular weight excluding hydrogens is 401 g/mol. The molecule has 2 atom stereocenters. The molecule has 4 nitrogen and oxygen atoms in total. The Labute approximate surface area is 178 Å². The molecule has 2 aromatic rings. The molecule has 0 aliphatic carbocycles. The number of thiophene rings is 1. The molecule has 1 amide bonds. The van der Waals surface area contributed by atoms with Gasteiger partial charge in [-0.25, -0.2) is 0 Å². The number of hydrogen-bond donors (Lipinski definition) is 2. The smallest absolute Gasteiger partial charge is 0.221 e. The van der Waals surface area contributed by atoms with E-state index < -0.39 is 0 Å². The van der Waals surface area contributed by atoms with Crippen LogP contribution in [-0.4, -0.2) is 30.4 Å². The van der Waals surface area contributed by atoms with Crippen molar-refractivity contribution in [1.29, 1.82) is 0 Å². The van der Waals surface area contributed by atoms with E-state index in [4.69, 9.17) is 5.73 Å². The second kappa shape index (κ2) is 12.4. The van der Waals surface area contributed by atoms with Crippen molar-refractivity contribution in [3.05, 3.63) is 58.3 Å². The maximum atomic E-state index is 12.2. The molecule has 2 heterocycles. The van der Waals surface area contributed by atoms with Gasteiger partial charge in [-0.2, -0.15) is 0 Å². The summed E-state index contributed by atoms with van der Waals surface area (Å²) in [5, 5.41) is 5.22. The Morgan fingerprint density at radius 1 is 1.22 bits per heavy atom. The van der Waals surface area contributed by atoms with E-state index in [2.05, 4.69) is 27.7 Å². The number of carbonyl (C=O) groups excluding carboxylic acids is 1. The third-order valence-corrected chi connectivity index (χ3v) is 5.64. The number of piperidine rings is 1. The number of nitrogens with two attached hydrogens (primary N) is 1. The summed E-state index contributed by atoms with van der Waals surface area (Å²) in [4.78, 5) is 16.1. The molecule has 2 unspecified atom stereocenters. The standard InChI is InChI=1S/C20H27N3OS.2ClH/c21-19(17-7-2-1-3-8-17)12-20(24)22-13-16-6-4-10-23(14-16)15-18-9-5-11-25-18;;/h1-3,5,7-9,11,16,19H,4,6,10,12-15,21H2,(H,22,24);2*1H. The number of amides is 1. The molecule has 0 bridgehead atoms. The molecule has 0 spiro atoms. The fourth-order valence-electron chi connectivity index (χ4n) is 3.43. The molecule has 0 radical (unpaired) electrons. The molecule has 1 saturated heterocycles. The van der Waals surface area contributed by atoms with Gasteiger partial charge in [-0.1, -0.05) is 36.4 Å². The summed E-state index contributed by atoms with van der Waals surface area (Å²) in [7, 11) is 0. The highest BCUT2D eigenvalue weighted by Crippen LogP contribution is 2.20. The lowest BCUT2D eigenvalue weighted by atomic mass is 9.97. The monoisotopic (exact) mass is 429 g/mol. The van der Waals surface area contributed by atoms with Crippen LogP contribution in [0.2, 0.25) is 0 Å². The first-order chi connectivity index (χ1) is 12.2. The lowest BCUT2D eigenvalue weighted by Crippen LogP contribution is -2.40. The van der Waals surface area contributed by atoms with Gasteiger partial charge < -0.3 is 11.1 Å². The topological polar surface area (TPSA) is 58.4 Å². The number of nitrogens with one attached hydrogen (secondary N) is 1. The Bertz CT molecular complexity index is 655. The largest absolute Gasteiger partial charge is 0.356 e. The number of halogens is 2. The van der Waals surface area contributed by atoms with Gasteiger partial charge in [0, 0.05) is 37.0 Å². The van der Waals surface area contributed by atoms with Gasteiger partial charge in [-0.3, -0.25) is 9.69 Å². The van der Waals surface area contributed by atoms with E-state index in [1.165, 1.54) is 17.7 Å². The number of rotatable bonds is 7. The molecule has 0 saturated carbocycles. The third kappa shape index (κ3) is 7.80. The van der Waals surface area contributed by atoms with E-state index in [0.29, 0.717) is 12.3 Å². The van der Waals surface area contributed by atoms with Crippen LogP contribution in [0.15, 0.2) is 47.8 Å². The Kier molecular flexibility index (Phi) is 11.0. The summed E-state index contributed by atoms with van der Waals surface area (Å²) >= 11 is 1.82. The van der Waals surface area contributed by atoms with Gasteiger partial charge >= 0.3 is 0 Å². The number of benzene rings is 1. The first-order valence-electron chi connectivity index (χ1n) is 9.02. The van der Waals surface area contributed by atoms with Crippen LogP contribution in [0.25, 0.3) is 0 Å². The van der Waals surface area contributed by atoms with Crippen LogP contribution in [0, 0.1) is 5.92 Å². The lowest BCUT2D eigenvalue weighted by molar-refractivity contribution is -0.121. The molecule has 1 fully saturated rings. The Morgan fingerprint density at radius 2 is 2.00 bits per heavy atom. The van der Waals surface area contributed by atoms with Crippen LogP contribution in [-0.2, 0) is 11.3 Å². The van der Waals surface area contributed by atoms with E-state index in [9.17, 15) is 4.79 Å². The summed E-state index contributed by atoms with van der Waals surface area (Å²) in [6, 6.07) is 13.9. The molecule has 1 aromatic heterocycles. The summed E-state index contributed by atoms with van der Waals surface area (Å²) in [6.07, 6.45) is 2.73. The summed E-state index contributed by atoms with van der Waals surface area (Å²) in [5.41, 5.74) is 7.15. The Balaban J connectivity index is 0.00000182. The van der Waals surface area contributed by atoms with E-state index in [-0.39, 0.29) is 36.8 Å². The van der Waals surface area contributed by atoms with Crippen LogP contribution in [0.4, 0.5) is 0 Å². The number of hydrogen-bond acceptors (Lipinski definition) is 4. The molecular formula is C20H29Cl2N3OS.